The minimum absolute atomic E-state index is 0.140. The van der Waals surface area contributed by atoms with E-state index in [0.717, 1.165) is 22.6 Å². The maximum Gasteiger partial charge on any atom is 0.251 e. The van der Waals surface area contributed by atoms with Crippen LogP contribution >= 0.6 is 0 Å². The molecule has 0 aliphatic heterocycles. The number of ether oxygens (including phenoxy) is 1. The van der Waals surface area contributed by atoms with Crippen molar-refractivity contribution in [2.75, 3.05) is 7.11 Å². The number of benzene rings is 1. The second-order valence-corrected chi connectivity index (χ2v) is 5.58. The Morgan fingerprint density at radius 1 is 1.24 bits per heavy atom. The zero-order valence-corrected chi connectivity index (χ0v) is 14.2. The van der Waals surface area contributed by atoms with Gasteiger partial charge in [0.2, 0.25) is 5.89 Å². The number of amides is 1. The SMILES string of the molecule is COCc1nc(-c2ccc(C(=O)NCc3cccnc3)cc2)oc1C. The summed E-state index contributed by atoms with van der Waals surface area (Å²) in [4.78, 5) is 20.7. The highest BCUT2D eigenvalue weighted by atomic mass is 16.5. The molecule has 0 aliphatic carbocycles. The van der Waals surface area contributed by atoms with Gasteiger partial charge in [-0.25, -0.2) is 4.98 Å². The van der Waals surface area contributed by atoms with Gasteiger partial charge in [-0.1, -0.05) is 6.07 Å². The van der Waals surface area contributed by atoms with Gasteiger partial charge < -0.3 is 14.5 Å². The second-order valence-electron chi connectivity index (χ2n) is 5.58. The summed E-state index contributed by atoms with van der Waals surface area (Å²) in [6.45, 7) is 2.70. The first-order chi connectivity index (χ1) is 12.2. The topological polar surface area (TPSA) is 77.2 Å². The molecule has 3 aromatic rings. The van der Waals surface area contributed by atoms with Gasteiger partial charge in [-0.2, -0.15) is 0 Å². The van der Waals surface area contributed by atoms with Crippen LogP contribution in [0.4, 0.5) is 0 Å². The maximum absolute atomic E-state index is 12.2. The fourth-order valence-electron chi connectivity index (χ4n) is 2.37. The van der Waals surface area contributed by atoms with E-state index in [9.17, 15) is 4.79 Å². The van der Waals surface area contributed by atoms with Crippen LogP contribution in [0, 0.1) is 6.92 Å². The van der Waals surface area contributed by atoms with E-state index in [4.69, 9.17) is 9.15 Å². The number of oxazole rings is 1. The number of aromatic nitrogens is 2. The van der Waals surface area contributed by atoms with Crippen LogP contribution < -0.4 is 5.32 Å². The van der Waals surface area contributed by atoms with E-state index in [0.29, 0.717) is 24.6 Å². The molecule has 6 nitrogen and oxygen atoms in total. The van der Waals surface area contributed by atoms with Gasteiger partial charge in [0.1, 0.15) is 11.5 Å². The van der Waals surface area contributed by atoms with Gasteiger partial charge in [0.05, 0.1) is 6.61 Å². The Balaban J connectivity index is 1.67. The molecule has 25 heavy (non-hydrogen) atoms. The zero-order valence-electron chi connectivity index (χ0n) is 14.2. The highest BCUT2D eigenvalue weighted by Gasteiger charge is 2.12. The molecule has 0 spiro atoms. The first kappa shape index (κ1) is 16.9. The van der Waals surface area contributed by atoms with Crippen LogP contribution in [0.15, 0.2) is 53.2 Å². The molecule has 0 saturated heterocycles. The van der Waals surface area contributed by atoms with Crippen molar-refractivity contribution in [1.29, 1.82) is 0 Å². The molecule has 0 radical (unpaired) electrons. The molecular weight excluding hydrogens is 318 g/mol. The van der Waals surface area contributed by atoms with Crippen molar-refractivity contribution < 1.29 is 13.9 Å². The Bertz CT molecular complexity index is 842. The van der Waals surface area contributed by atoms with Crippen molar-refractivity contribution in [3.05, 3.63) is 71.4 Å². The van der Waals surface area contributed by atoms with Crippen molar-refractivity contribution in [2.45, 2.75) is 20.1 Å². The van der Waals surface area contributed by atoms with Crippen molar-refractivity contribution in [1.82, 2.24) is 15.3 Å². The molecule has 0 atom stereocenters. The molecule has 2 heterocycles. The first-order valence-corrected chi connectivity index (χ1v) is 7.90. The average molecular weight is 337 g/mol. The van der Waals surface area contributed by atoms with Crippen LogP contribution in [-0.2, 0) is 17.9 Å². The van der Waals surface area contributed by atoms with E-state index < -0.39 is 0 Å². The Morgan fingerprint density at radius 3 is 2.72 bits per heavy atom. The summed E-state index contributed by atoms with van der Waals surface area (Å²) in [5.74, 6) is 1.11. The van der Waals surface area contributed by atoms with Crippen LogP contribution in [0.25, 0.3) is 11.5 Å². The second kappa shape index (κ2) is 7.72. The fourth-order valence-corrected chi connectivity index (χ4v) is 2.37. The Kier molecular flexibility index (Phi) is 5.20. The molecule has 6 heteroatoms. The Labute approximate surface area is 145 Å². The van der Waals surface area contributed by atoms with E-state index in [-0.39, 0.29) is 5.91 Å². The first-order valence-electron chi connectivity index (χ1n) is 7.90. The van der Waals surface area contributed by atoms with Crippen molar-refractivity contribution in [3.63, 3.8) is 0 Å². The molecule has 0 saturated carbocycles. The van der Waals surface area contributed by atoms with Gasteiger partial charge >= 0.3 is 0 Å². The van der Waals surface area contributed by atoms with Gasteiger partial charge in [-0.15, -0.1) is 0 Å². The van der Waals surface area contributed by atoms with Crippen LogP contribution in [0.5, 0.6) is 0 Å². The van der Waals surface area contributed by atoms with E-state index >= 15 is 0 Å². The average Bonchev–Trinajstić information content (AvgIpc) is 3.02. The predicted octanol–water partition coefficient (Wildman–Crippen LogP) is 3.12. The number of methoxy groups -OCH3 is 1. The van der Waals surface area contributed by atoms with Gasteiger partial charge in [0.25, 0.3) is 5.91 Å². The largest absolute Gasteiger partial charge is 0.441 e. The zero-order chi connectivity index (χ0) is 17.6. The van der Waals surface area contributed by atoms with E-state index in [1.807, 2.05) is 31.2 Å². The van der Waals surface area contributed by atoms with Gasteiger partial charge in [0.15, 0.2) is 0 Å². The van der Waals surface area contributed by atoms with Crippen LogP contribution in [0.1, 0.15) is 27.4 Å². The number of rotatable bonds is 6. The number of carbonyl (C=O) groups is 1. The summed E-state index contributed by atoms with van der Waals surface area (Å²) in [7, 11) is 1.62. The number of hydrogen-bond donors (Lipinski definition) is 1. The van der Waals surface area contributed by atoms with Crippen molar-refractivity contribution in [2.24, 2.45) is 0 Å². The molecule has 3 rings (SSSR count). The monoisotopic (exact) mass is 337 g/mol. The number of aryl methyl sites for hydroxylation is 1. The standard InChI is InChI=1S/C19H19N3O3/c1-13-17(12-24-2)22-19(25-13)16-7-5-15(6-8-16)18(23)21-11-14-4-3-9-20-10-14/h3-10H,11-12H2,1-2H3,(H,21,23). The number of nitrogens with one attached hydrogen (secondary N) is 1. The maximum atomic E-state index is 12.2. The van der Waals surface area contributed by atoms with Gasteiger partial charge in [-0.3, -0.25) is 9.78 Å². The normalized spacial score (nSPS) is 10.6. The molecule has 1 aromatic carbocycles. The van der Waals surface area contributed by atoms with E-state index in [2.05, 4.69) is 15.3 Å². The molecule has 2 aromatic heterocycles. The lowest BCUT2D eigenvalue weighted by Crippen LogP contribution is -2.22. The van der Waals surface area contributed by atoms with E-state index in [1.54, 1.807) is 31.6 Å². The summed E-state index contributed by atoms with van der Waals surface area (Å²) in [6, 6.07) is 10.9. The molecule has 1 N–H and O–H groups in total. The smallest absolute Gasteiger partial charge is 0.251 e. The minimum atomic E-state index is -0.140. The molecular formula is C19H19N3O3. The summed E-state index contributed by atoms with van der Waals surface area (Å²) in [5.41, 5.74) is 3.12. The molecule has 0 unspecified atom stereocenters. The Hall–Kier alpha value is -2.99. The lowest BCUT2D eigenvalue weighted by Gasteiger charge is -2.05. The quantitative estimate of drug-likeness (QED) is 0.748. The molecule has 1 amide bonds. The van der Waals surface area contributed by atoms with Crippen LogP contribution in [0.3, 0.4) is 0 Å². The summed E-state index contributed by atoms with van der Waals surface area (Å²) in [5, 5.41) is 2.87. The van der Waals surface area contributed by atoms with Gasteiger partial charge in [0, 0.05) is 37.2 Å². The van der Waals surface area contributed by atoms with Crippen LogP contribution in [-0.4, -0.2) is 23.0 Å². The predicted molar refractivity (Wildman–Crippen MR) is 92.8 cm³/mol. The minimum Gasteiger partial charge on any atom is -0.441 e. The molecule has 0 fully saturated rings. The Morgan fingerprint density at radius 2 is 2.04 bits per heavy atom. The van der Waals surface area contributed by atoms with Crippen molar-refractivity contribution in [3.8, 4) is 11.5 Å². The molecule has 0 bridgehead atoms. The third kappa shape index (κ3) is 4.10. The third-order valence-electron chi connectivity index (χ3n) is 3.74. The van der Waals surface area contributed by atoms with Crippen LogP contribution in [0.2, 0.25) is 0 Å². The van der Waals surface area contributed by atoms with Gasteiger partial charge in [-0.05, 0) is 42.8 Å². The number of hydrogen-bond acceptors (Lipinski definition) is 5. The molecule has 128 valence electrons. The highest BCUT2D eigenvalue weighted by Crippen LogP contribution is 2.22. The lowest BCUT2D eigenvalue weighted by atomic mass is 10.1. The lowest BCUT2D eigenvalue weighted by molar-refractivity contribution is 0.0951. The van der Waals surface area contributed by atoms with E-state index in [1.165, 1.54) is 0 Å². The summed E-state index contributed by atoms with van der Waals surface area (Å²) >= 11 is 0. The number of nitrogens with zero attached hydrogens (tertiary/aromatic N) is 2. The van der Waals surface area contributed by atoms with Crippen molar-refractivity contribution >= 4 is 5.91 Å². The fraction of sp³-hybridized carbons (Fsp3) is 0.211. The molecule has 0 aliphatic rings. The summed E-state index contributed by atoms with van der Waals surface area (Å²) in [6.07, 6.45) is 3.43. The summed E-state index contributed by atoms with van der Waals surface area (Å²) < 4.78 is 10.8. The number of carbonyl (C=O) groups excluding carboxylic acids is 1. The number of pyridine rings is 1. The third-order valence-corrected chi connectivity index (χ3v) is 3.74. The highest BCUT2D eigenvalue weighted by molar-refractivity contribution is 5.94.